The van der Waals surface area contributed by atoms with E-state index in [-0.39, 0.29) is 11.5 Å². The van der Waals surface area contributed by atoms with Gasteiger partial charge in [-0.3, -0.25) is 4.79 Å². The van der Waals surface area contributed by atoms with Crippen molar-refractivity contribution in [1.29, 1.82) is 0 Å². The molecular weight excluding hydrogens is 280 g/mol. The molecule has 0 aliphatic rings. The summed E-state index contributed by atoms with van der Waals surface area (Å²) in [5.41, 5.74) is 6.03. The fraction of sp³-hybridized carbons (Fsp3) is 0.429. The highest BCUT2D eigenvalue weighted by atomic mass is 35.5. The van der Waals surface area contributed by atoms with Crippen LogP contribution in [-0.2, 0) is 9.53 Å². The van der Waals surface area contributed by atoms with Crippen LogP contribution in [-0.4, -0.2) is 25.0 Å². The molecule has 6 heteroatoms. The summed E-state index contributed by atoms with van der Waals surface area (Å²) in [7, 11) is 1.32. The second-order valence-electron chi connectivity index (χ2n) is 4.90. The zero-order chi connectivity index (χ0) is 15.3. The zero-order valence-corrected chi connectivity index (χ0v) is 12.5. The molecule has 0 saturated carbocycles. The highest BCUT2D eigenvalue weighted by molar-refractivity contribution is 6.31. The number of anilines is 1. The summed E-state index contributed by atoms with van der Waals surface area (Å²) in [6, 6.07) is 4.11. The van der Waals surface area contributed by atoms with Gasteiger partial charge in [0.05, 0.1) is 12.7 Å². The summed E-state index contributed by atoms with van der Waals surface area (Å²) < 4.78 is 4.77. The molecule has 0 bridgehead atoms. The number of amides is 1. The Kier molecular flexibility index (Phi) is 5.82. The van der Waals surface area contributed by atoms with E-state index >= 15 is 0 Å². The Morgan fingerprint density at radius 3 is 2.55 bits per heavy atom. The molecule has 0 aliphatic heterocycles. The van der Waals surface area contributed by atoms with Crippen molar-refractivity contribution in [3.63, 3.8) is 0 Å². The Hall–Kier alpha value is -1.75. The third-order valence-corrected chi connectivity index (χ3v) is 3.00. The van der Waals surface area contributed by atoms with Crippen LogP contribution in [0.3, 0.4) is 0 Å². The average molecular weight is 299 g/mol. The van der Waals surface area contributed by atoms with Crippen LogP contribution in [0.4, 0.5) is 5.69 Å². The Labute approximate surface area is 123 Å². The number of nitrogens with two attached hydrogens (primary N) is 1. The molecule has 1 amide bonds. The van der Waals surface area contributed by atoms with Gasteiger partial charge in [-0.2, -0.15) is 0 Å². The van der Waals surface area contributed by atoms with E-state index < -0.39 is 17.9 Å². The lowest BCUT2D eigenvalue weighted by Crippen LogP contribution is -2.33. The number of hydrogen-bond acceptors (Lipinski definition) is 4. The third-order valence-electron chi connectivity index (χ3n) is 2.77. The van der Waals surface area contributed by atoms with E-state index in [1.165, 1.54) is 13.2 Å². The van der Waals surface area contributed by atoms with Crippen LogP contribution < -0.4 is 11.1 Å². The molecule has 1 aromatic carbocycles. The Bertz CT molecular complexity index is 503. The van der Waals surface area contributed by atoms with Gasteiger partial charge in [0.25, 0.3) is 5.91 Å². The molecule has 20 heavy (non-hydrogen) atoms. The smallest absolute Gasteiger partial charge is 0.328 e. The number of rotatable bonds is 6. The number of nitrogens with one attached hydrogen (secondary N) is 1. The van der Waals surface area contributed by atoms with Crippen LogP contribution in [0.2, 0.25) is 5.02 Å². The molecule has 0 spiro atoms. The minimum Gasteiger partial charge on any atom is -0.467 e. The molecule has 1 unspecified atom stereocenters. The number of halogens is 1. The lowest BCUT2D eigenvalue weighted by molar-refractivity contribution is -0.141. The van der Waals surface area contributed by atoms with E-state index in [1.807, 2.05) is 13.8 Å². The number of methoxy groups -OCH3 is 1. The molecular formula is C14H19ClN2O3. The molecule has 0 fully saturated rings. The third kappa shape index (κ3) is 4.42. The first kappa shape index (κ1) is 16.3. The van der Waals surface area contributed by atoms with Gasteiger partial charge < -0.3 is 15.8 Å². The first-order chi connectivity index (χ1) is 9.35. The predicted octanol–water partition coefficient (Wildman–Crippen LogP) is 2.44. The quantitative estimate of drug-likeness (QED) is 0.790. The van der Waals surface area contributed by atoms with E-state index in [1.54, 1.807) is 12.1 Å². The van der Waals surface area contributed by atoms with Gasteiger partial charge >= 0.3 is 5.97 Å². The number of benzene rings is 1. The Balaban J connectivity index is 3.06. The van der Waals surface area contributed by atoms with Gasteiger partial charge in [-0.25, -0.2) is 4.79 Å². The van der Waals surface area contributed by atoms with Crippen LogP contribution in [0.25, 0.3) is 0 Å². The number of hydrogen-bond donors (Lipinski definition) is 2. The van der Waals surface area contributed by atoms with E-state index in [9.17, 15) is 9.59 Å². The van der Waals surface area contributed by atoms with Gasteiger partial charge in [0.1, 0.15) is 6.04 Å². The molecule has 5 nitrogen and oxygen atoms in total. The van der Waals surface area contributed by atoms with E-state index in [0.29, 0.717) is 17.1 Å². The molecule has 0 aliphatic carbocycles. The van der Waals surface area contributed by atoms with Gasteiger partial charge in [-0.05, 0) is 30.5 Å². The van der Waals surface area contributed by atoms with E-state index in [0.717, 1.165) is 0 Å². The van der Waals surface area contributed by atoms with Gasteiger partial charge in [-0.15, -0.1) is 0 Å². The standard InChI is InChI=1S/C14H19ClN2O3/c1-8(2)6-12(14(19)20-3)17-11-7-9(15)4-5-10(11)13(16)18/h4-5,7-8,12,17H,6H2,1-3H3,(H2,16,18). The zero-order valence-electron chi connectivity index (χ0n) is 11.8. The van der Waals surface area contributed by atoms with Crippen molar-refractivity contribution < 1.29 is 14.3 Å². The molecule has 0 radical (unpaired) electrons. The van der Waals surface area contributed by atoms with E-state index in [2.05, 4.69) is 5.32 Å². The normalized spacial score (nSPS) is 12.1. The molecule has 0 heterocycles. The van der Waals surface area contributed by atoms with Crippen molar-refractivity contribution in [2.75, 3.05) is 12.4 Å². The summed E-state index contributed by atoms with van der Waals surface area (Å²) in [5.74, 6) is -0.700. The number of primary amides is 1. The molecule has 0 aromatic heterocycles. The van der Waals surface area contributed by atoms with Crippen LogP contribution in [0.5, 0.6) is 0 Å². The average Bonchev–Trinajstić information content (AvgIpc) is 2.36. The summed E-state index contributed by atoms with van der Waals surface area (Å²) >= 11 is 5.92. The maximum Gasteiger partial charge on any atom is 0.328 e. The van der Waals surface area contributed by atoms with Gasteiger partial charge in [0.15, 0.2) is 0 Å². The Morgan fingerprint density at radius 1 is 1.40 bits per heavy atom. The molecule has 110 valence electrons. The maximum atomic E-state index is 11.8. The maximum absolute atomic E-state index is 11.8. The second-order valence-corrected chi connectivity index (χ2v) is 5.34. The lowest BCUT2D eigenvalue weighted by atomic mass is 10.0. The molecule has 1 aromatic rings. The van der Waals surface area contributed by atoms with E-state index in [4.69, 9.17) is 22.1 Å². The van der Waals surface area contributed by atoms with Crippen molar-refractivity contribution in [1.82, 2.24) is 0 Å². The Morgan fingerprint density at radius 2 is 2.05 bits per heavy atom. The van der Waals surface area contributed by atoms with Crippen molar-refractivity contribution in [2.24, 2.45) is 11.7 Å². The van der Waals surface area contributed by atoms with Crippen LogP contribution in [0.1, 0.15) is 30.6 Å². The monoisotopic (exact) mass is 298 g/mol. The van der Waals surface area contributed by atoms with Crippen molar-refractivity contribution >= 4 is 29.2 Å². The minimum atomic E-state index is -0.586. The molecule has 1 atom stereocenters. The highest BCUT2D eigenvalue weighted by Crippen LogP contribution is 2.23. The summed E-state index contributed by atoms with van der Waals surface area (Å²) in [6.45, 7) is 3.98. The summed E-state index contributed by atoms with van der Waals surface area (Å²) in [4.78, 5) is 23.2. The minimum absolute atomic E-state index is 0.280. The fourth-order valence-corrected chi connectivity index (χ4v) is 2.04. The number of carbonyl (C=O) groups is 2. The van der Waals surface area contributed by atoms with Gasteiger partial charge in [0, 0.05) is 10.7 Å². The SMILES string of the molecule is COC(=O)C(CC(C)C)Nc1cc(Cl)ccc1C(N)=O. The number of ether oxygens (including phenoxy) is 1. The number of carbonyl (C=O) groups excluding carboxylic acids is 2. The largest absolute Gasteiger partial charge is 0.467 e. The van der Waals surface area contributed by atoms with Crippen molar-refractivity contribution in [3.05, 3.63) is 28.8 Å². The van der Waals surface area contributed by atoms with Crippen LogP contribution in [0.15, 0.2) is 18.2 Å². The molecule has 0 saturated heterocycles. The topological polar surface area (TPSA) is 81.4 Å². The van der Waals surface area contributed by atoms with Crippen molar-refractivity contribution in [2.45, 2.75) is 26.3 Å². The number of esters is 1. The lowest BCUT2D eigenvalue weighted by Gasteiger charge is -2.20. The highest BCUT2D eigenvalue weighted by Gasteiger charge is 2.22. The molecule has 1 rings (SSSR count). The first-order valence-electron chi connectivity index (χ1n) is 6.28. The van der Waals surface area contributed by atoms with Crippen LogP contribution in [0, 0.1) is 5.92 Å². The first-order valence-corrected chi connectivity index (χ1v) is 6.66. The van der Waals surface area contributed by atoms with Gasteiger partial charge in [0.2, 0.25) is 0 Å². The molecule has 3 N–H and O–H groups in total. The second kappa shape index (κ2) is 7.14. The predicted molar refractivity (Wildman–Crippen MR) is 78.9 cm³/mol. The van der Waals surface area contributed by atoms with Crippen LogP contribution >= 0.6 is 11.6 Å². The summed E-state index contributed by atoms with van der Waals surface area (Å²) in [5, 5.41) is 3.44. The van der Waals surface area contributed by atoms with Crippen molar-refractivity contribution in [3.8, 4) is 0 Å². The van der Waals surface area contributed by atoms with Gasteiger partial charge in [-0.1, -0.05) is 25.4 Å². The fourth-order valence-electron chi connectivity index (χ4n) is 1.87. The summed E-state index contributed by atoms with van der Waals surface area (Å²) in [6.07, 6.45) is 0.567.